The zero-order valence-corrected chi connectivity index (χ0v) is 12.6. The number of carbonyl (C=O) groups excluding carboxylic acids is 1. The predicted octanol–water partition coefficient (Wildman–Crippen LogP) is 3.78. The Morgan fingerprint density at radius 3 is 2.73 bits per heavy atom. The van der Waals surface area contributed by atoms with Gasteiger partial charge in [0.25, 0.3) is 5.91 Å². The Labute approximate surface area is 130 Å². The quantitative estimate of drug-likeness (QED) is 0.797. The molecule has 0 atom stereocenters. The average Bonchev–Trinajstić information content (AvgIpc) is 3.15. The van der Waals surface area contributed by atoms with E-state index in [1.54, 1.807) is 30.5 Å². The lowest BCUT2D eigenvalue weighted by Crippen LogP contribution is -2.21. The van der Waals surface area contributed by atoms with Gasteiger partial charge in [0.05, 0.1) is 11.6 Å². The Bertz CT molecular complexity index is 793. The van der Waals surface area contributed by atoms with Gasteiger partial charge >= 0.3 is 0 Å². The number of amides is 1. The van der Waals surface area contributed by atoms with Crippen molar-refractivity contribution in [2.24, 2.45) is 0 Å². The molecule has 0 spiro atoms. The summed E-state index contributed by atoms with van der Waals surface area (Å²) >= 11 is 1.54. The van der Waals surface area contributed by atoms with E-state index in [0.29, 0.717) is 12.3 Å². The van der Waals surface area contributed by atoms with E-state index in [9.17, 15) is 9.18 Å². The minimum Gasteiger partial charge on any atom is -0.451 e. The van der Waals surface area contributed by atoms with Crippen molar-refractivity contribution in [1.29, 1.82) is 0 Å². The van der Waals surface area contributed by atoms with Crippen LogP contribution >= 0.6 is 11.3 Å². The molecule has 2 aromatic heterocycles. The molecule has 0 aliphatic carbocycles. The van der Waals surface area contributed by atoms with Crippen molar-refractivity contribution < 1.29 is 13.6 Å². The fourth-order valence-electron chi connectivity index (χ4n) is 1.97. The smallest absolute Gasteiger partial charge is 0.287 e. The van der Waals surface area contributed by atoms with Gasteiger partial charge in [-0.05, 0) is 43.3 Å². The number of rotatable bonds is 4. The van der Waals surface area contributed by atoms with Crippen LogP contribution < -0.4 is 5.32 Å². The molecule has 1 amide bonds. The highest BCUT2D eigenvalue weighted by Gasteiger charge is 2.12. The van der Waals surface area contributed by atoms with Crippen LogP contribution in [0.1, 0.15) is 20.4 Å². The molecular weight excluding hydrogens is 303 g/mol. The lowest BCUT2D eigenvalue weighted by Gasteiger charge is -2.00. The first-order valence-corrected chi connectivity index (χ1v) is 7.49. The molecule has 1 N–H and O–H groups in total. The molecule has 1 aromatic carbocycles. The standard InChI is InChI=1S/C16H13FN2O2S/c1-10-18-8-13(22-10)9-19-16(20)15-7-6-14(21-15)11-2-4-12(17)5-3-11/h2-8H,9H2,1H3,(H,19,20). The monoisotopic (exact) mass is 316 g/mol. The van der Waals surface area contributed by atoms with Crippen molar-refractivity contribution >= 4 is 17.2 Å². The second kappa shape index (κ2) is 6.11. The van der Waals surface area contributed by atoms with E-state index in [4.69, 9.17) is 4.42 Å². The molecular formula is C16H13FN2O2S. The average molecular weight is 316 g/mol. The van der Waals surface area contributed by atoms with Crippen LogP contribution in [-0.4, -0.2) is 10.9 Å². The van der Waals surface area contributed by atoms with Gasteiger partial charge in [-0.15, -0.1) is 11.3 Å². The largest absolute Gasteiger partial charge is 0.451 e. The summed E-state index contributed by atoms with van der Waals surface area (Å²) in [5.74, 6) is 0.145. The number of nitrogens with one attached hydrogen (secondary N) is 1. The number of furan rings is 1. The highest BCUT2D eigenvalue weighted by Crippen LogP contribution is 2.22. The van der Waals surface area contributed by atoms with E-state index in [1.807, 2.05) is 6.92 Å². The van der Waals surface area contributed by atoms with Gasteiger partial charge in [-0.2, -0.15) is 0 Å². The Morgan fingerprint density at radius 1 is 1.27 bits per heavy atom. The third-order valence-electron chi connectivity index (χ3n) is 3.05. The number of halogens is 1. The number of carbonyl (C=O) groups is 1. The van der Waals surface area contributed by atoms with Crippen LogP contribution in [0.5, 0.6) is 0 Å². The molecule has 112 valence electrons. The maximum atomic E-state index is 12.9. The SMILES string of the molecule is Cc1ncc(CNC(=O)c2ccc(-c3ccc(F)cc3)o2)s1. The zero-order chi connectivity index (χ0) is 15.5. The summed E-state index contributed by atoms with van der Waals surface area (Å²) in [6, 6.07) is 9.21. The molecule has 0 bridgehead atoms. The molecule has 6 heteroatoms. The first kappa shape index (κ1) is 14.5. The second-order valence-electron chi connectivity index (χ2n) is 4.70. The number of hydrogen-bond acceptors (Lipinski definition) is 4. The van der Waals surface area contributed by atoms with Crippen LogP contribution in [-0.2, 0) is 6.54 Å². The first-order valence-electron chi connectivity index (χ1n) is 6.67. The van der Waals surface area contributed by atoms with Crippen molar-refractivity contribution in [2.75, 3.05) is 0 Å². The van der Waals surface area contributed by atoms with Crippen molar-refractivity contribution in [3.05, 3.63) is 64.1 Å². The summed E-state index contributed by atoms with van der Waals surface area (Å²) in [6.07, 6.45) is 1.74. The Balaban J connectivity index is 1.67. The van der Waals surface area contributed by atoms with E-state index in [-0.39, 0.29) is 17.5 Å². The number of thiazole rings is 1. The van der Waals surface area contributed by atoms with Crippen LogP contribution in [0.15, 0.2) is 47.0 Å². The summed E-state index contributed by atoms with van der Waals surface area (Å²) in [4.78, 5) is 17.2. The molecule has 3 aromatic rings. The van der Waals surface area contributed by atoms with Crippen LogP contribution in [0, 0.1) is 12.7 Å². The van der Waals surface area contributed by atoms with Gasteiger partial charge < -0.3 is 9.73 Å². The Morgan fingerprint density at radius 2 is 2.05 bits per heavy atom. The highest BCUT2D eigenvalue weighted by molar-refractivity contribution is 7.11. The number of hydrogen-bond donors (Lipinski definition) is 1. The van der Waals surface area contributed by atoms with Crippen LogP contribution in [0.25, 0.3) is 11.3 Å². The normalized spacial score (nSPS) is 10.6. The Kier molecular flexibility index (Phi) is 4.02. The van der Waals surface area contributed by atoms with E-state index in [2.05, 4.69) is 10.3 Å². The molecule has 0 saturated heterocycles. The highest BCUT2D eigenvalue weighted by atomic mass is 32.1. The van der Waals surface area contributed by atoms with Gasteiger partial charge in [-0.25, -0.2) is 9.37 Å². The van der Waals surface area contributed by atoms with Crippen LogP contribution in [0.4, 0.5) is 4.39 Å². The van der Waals surface area contributed by atoms with Crippen molar-refractivity contribution in [3.63, 3.8) is 0 Å². The van der Waals surface area contributed by atoms with E-state index in [1.165, 1.54) is 23.5 Å². The summed E-state index contributed by atoms with van der Waals surface area (Å²) in [7, 11) is 0. The van der Waals surface area contributed by atoms with Gasteiger partial charge in [0.2, 0.25) is 0 Å². The van der Waals surface area contributed by atoms with Gasteiger partial charge in [-0.3, -0.25) is 4.79 Å². The van der Waals surface area contributed by atoms with E-state index >= 15 is 0 Å². The summed E-state index contributed by atoms with van der Waals surface area (Å²) in [5, 5.41) is 3.74. The second-order valence-corrected chi connectivity index (χ2v) is 6.02. The molecule has 0 saturated carbocycles. The van der Waals surface area contributed by atoms with E-state index in [0.717, 1.165) is 15.4 Å². The number of benzene rings is 1. The molecule has 0 aliphatic rings. The number of aromatic nitrogens is 1. The van der Waals surface area contributed by atoms with Crippen molar-refractivity contribution in [1.82, 2.24) is 10.3 Å². The maximum Gasteiger partial charge on any atom is 0.287 e. The van der Waals surface area contributed by atoms with Crippen LogP contribution in [0.3, 0.4) is 0 Å². The number of aryl methyl sites for hydroxylation is 1. The number of nitrogens with zero attached hydrogens (tertiary/aromatic N) is 1. The van der Waals surface area contributed by atoms with Crippen molar-refractivity contribution in [3.8, 4) is 11.3 Å². The minimum atomic E-state index is -0.312. The lowest BCUT2D eigenvalue weighted by atomic mass is 10.2. The summed E-state index contributed by atoms with van der Waals surface area (Å²) in [6.45, 7) is 2.33. The molecule has 0 fully saturated rings. The molecule has 22 heavy (non-hydrogen) atoms. The molecule has 4 nitrogen and oxygen atoms in total. The van der Waals surface area contributed by atoms with Gasteiger partial charge in [0.1, 0.15) is 11.6 Å². The van der Waals surface area contributed by atoms with Crippen molar-refractivity contribution in [2.45, 2.75) is 13.5 Å². The Hall–Kier alpha value is -2.47. The minimum absolute atomic E-state index is 0.223. The molecule has 0 radical (unpaired) electrons. The molecule has 0 unspecified atom stereocenters. The fourth-order valence-corrected chi connectivity index (χ4v) is 2.71. The van der Waals surface area contributed by atoms with Gasteiger partial charge in [0, 0.05) is 16.6 Å². The van der Waals surface area contributed by atoms with Gasteiger partial charge in [0.15, 0.2) is 5.76 Å². The van der Waals surface area contributed by atoms with E-state index < -0.39 is 0 Å². The van der Waals surface area contributed by atoms with Crippen LogP contribution in [0.2, 0.25) is 0 Å². The third-order valence-corrected chi connectivity index (χ3v) is 3.96. The molecule has 3 rings (SSSR count). The predicted molar refractivity (Wildman–Crippen MR) is 82.1 cm³/mol. The fraction of sp³-hybridized carbons (Fsp3) is 0.125. The summed E-state index contributed by atoms with van der Waals surface area (Å²) < 4.78 is 18.4. The first-order chi connectivity index (χ1) is 10.6. The lowest BCUT2D eigenvalue weighted by molar-refractivity contribution is 0.0924. The zero-order valence-electron chi connectivity index (χ0n) is 11.8. The molecule has 0 aliphatic heterocycles. The third kappa shape index (κ3) is 3.23. The topological polar surface area (TPSA) is 55.1 Å². The van der Waals surface area contributed by atoms with Gasteiger partial charge in [-0.1, -0.05) is 0 Å². The maximum absolute atomic E-state index is 12.9. The summed E-state index contributed by atoms with van der Waals surface area (Å²) in [5.41, 5.74) is 0.721. The molecule has 2 heterocycles.